The third kappa shape index (κ3) is 2.72. The molecule has 1 aliphatic rings. The topological polar surface area (TPSA) is 58.1 Å². The zero-order chi connectivity index (χ0) is 13.9. The van der Waals surface area contributed by atoms with E-state index in [0.29, 0.717) is 29.6 Å². The van der Waals surface area contributed by atoms with E-state index in [0.717, 1.165) is 0 Å². The van der Waals surface area contributed by atoms with Gasteiger partial charge in [0, 0.05) is 36.1 Å². The lowest BCUT2D eigenvalue weighted by molar-refractivity contribution is 0.0624. The minimum Gasteiger partial charge on any atom is -0.348 e. The fourth-order valence-electron chi connectivity index (χ4n) is 2.07. The minimum atomic E-state index is 0.0219. The smallest absolute Gasteiger partial charge is 0.253 e. The van der Waals surface area contributed by atoms with Crippen molar-refractivity contribution in [2.24, 2.45) is 0 Å². The number of hydrogen-bond acceptors (Lipinski definition) is 4. The van der Waals surface area contributed by atoms with Gasteiger partial charge in [-0.3, -0.25) is 4.79 Å². The van der Waals surface area contributed by atoms with E-state index in [4.69, 9.17) is 11.6 Å². The van der Waals surface area contributed by atoms with Crippen molar-refractivity contribution in [3.8, 4) is 0 Å². The van der Waals surface area contributed by atoms with Crippen LogP contribution in [0.2, 0.25) is 5.02 Å². The fraction of sp³-hybridized carbons (Fsp3) is 0.214. The molecule has 0 atom stereocenters. The first-order valence-corrected chi connectivity index (χ1v) is 6.68. The van der Waals surface area contributed by atoms with E-state index in [-0.39, 0.29) is 11.9 Å². The molecule has 2 heterocycles. The van der Waals surface area contributed by atoms with Crippen LogP contribution in [0.15, 0.2) is 42.7 Å². The van der Waals surface area contributed by atoms with Gasteiger partial charge in [-0.15, -0.1) is 0 Å². The summed E-state index contributed by atoms with van der Waals surface area (Å²) in [5, 5.41) is 3.82. The summed E-state index contributed by atoms with van der Waals surface area (Å²) in [6.45, 7) is 1.30. The van der Waals surface area contributed by atoms with Gasteiger partial charge in [0.15, 0.2) is 0 Å². The van der Waals surface area contributed by atoms with Crippen molar-refractivity contribution < 1.29 is 4.79 Å². The number of anilines is 1. The Morgan fingerprint density at radius 2 is 1.85 bits per heavy atom. The average Bonchev–Trinajstić information content (AvgIpc) is 2.44. The summed E-state index contributed by atoms with van der Waals surface area (Å²) in [6, 6.07) is 8.90. The maximum Gasteiger partial charge on any atom is 0.253 e. The molecule has 0 saturated carbocycles. The van der Waals surface area contributed by atoms with Gasteiger partial charge in [-0.2, -0.15) is 0 Å². The summed E-state index contributed by atoms with van der Waals surface area (Å²) >= 11 is 5.81. The second kappa shape index (κ2) is 5.46. The molecule has 1 aromatic carbocycles. The van der Waals surface area contributed by atoms with Crippen molar-refractivity contribution in [1.29, 1.82) is 0 Å². The average molecular weight is 289 g/mol. The van der Waals surface area contributed by atoms with Gasteiger partial charge >= 0.3 is 0 Å². The molecule has 5 nitrogen and oxygen atoms in total. The first-order valence-electron chi connectivity index (χ1n) is 6.31. The van der Waals surface area contributed by atoms with E-state index >= 15 is 0 Å². The summed E-state index contributed by atoms with van der Waals surface area (Å²) in [5.74, 6) is 0.616. The van der Waals surface area contributed by atoms with Crippen molar-refractivity contribution in [3.05, 3.63) is 53.3 Å². The number of amides is 1. The van der Waals surface area contributed by atoms with Crippen molar-refractivity contribution >= 4 is 23.5 Å². The van der Waals surface area contributed by atoms with Crippen LogP contribution in [0.3, 0.4) is 0 Å². The largest absolute Gasteiger partial charge is 0.348 e. The lowest BCUT2D eigenvalue weighted by Crippen LogP contribution is -2.57. The van der Waals surface area contributed by atoms with E-state index in [2.05, 4.69) is 15.3 Å². The summed E-state index contributed by atoms with van der Waals surface area (Å²) in [6.07, 6.45) is 3.37. The van der Waals surface area contributed by atoms with Gasteiger partial charge in [0.25, 0.3) is 5.91 Å². The highest BCUT2D eigenvalue weighted by Crippen LogP contribution is 2.17. The number of rotatable bonds is 3. The molecule has 0 unspecified atom stereocenters. The van der Waals surface area contributed by atoms with Crippen LogP contribution in [0.5, 0.6) is 0 Å². The quantitative estimate of drug-likeness (QED) is 0.939. The van der Waals surface area contributed by atoms with Crippen LogP contribution in [0.4, 0.5) is 5.95 Å². The maximum atomic E-state index is 12.2. The highest BCUT2D eigenvalue weighted by Gasteiger charge is 2.31. The molecule has 1 amide bonds. The molecule has 1 fully saturated rings. The van der Waals surface area contributed by atoms with Crippen LogP contribution in [-0.2, 0) is 0 Å². The van der Waals surface area contributed by atoms with Crippen LogP contribution in [-0.4, -0.2) is 39.9 Å². The van der Waals surface area contributed by atoms with E-state index in [1.165, 1.54) is 0 Å². The standard InChI is InChI=1S/C14H13ClN4O/c15-11-4-2-10(3-5-11)13(20)19-8-12(9-19)18-14-16-6-1-7-17-14/h1-7,12H,8-9H2,(H,16,17,18). The number of nitrogens with one attached hydrogen (secondary N) is 1. The van der Waals surface area contributed by atoms with Crippen molar-refractivity contribution in [3.63, 3.8) is 0 Å². The zero-order valence-electron chi connectivity index (χ0n) is 10.7. The van der Waals surface area contributed by atoms with Crippen LogP contribution >= 0.6 is 11.6 Å². The van der Waals surface area contributed by atoms with Crippen LogP contribution < -0.4 is 5.32 Å². The summed E-state index contributed by atoms with van der Waals surface area (Å²) in [5.41, 5.74) is 0.656. The van der Waals surface area contributed by atoms with Gasteiger partial charge in [-0.05, 0) is 30.3 Å². The highest BCUT2D eigenvalue weighted by atomic mass is 35.5. The van der Waals surface area contributed by atoms with Crippen LogP contribution in [0.25, 0.3) is 0 Å². The molecule has 102 valence electrons. The van der Waals surface area contributed by atoms with Gasteiger partial charge in [-0.25, -0.2) is 9.97 Å². The van der Waals surface area contributed by atoms with Crippen molar-refractivity contribution in [2.45, 2.75) is 6.04 Å². The van der Waals surface area contributed by atoms with Crippen LogP contribution in [0.1, 0.15) is 10.4 Å². The Hall–Kier alpha value is -2.14. The first-order chi connectivity index (χ1) is 9.72. The monoisotopic (exact) mass is 288 g/mol. The van der Waals surface area contributed by atoms with E-state index < -0.39 is 0 Å². The maximum absolute atomic E-state index is 12.2. The number of carbonyl (C=O) groups is 1. The highest BCUT2D eigenvalue weighted by molar-refractivity contribution is 6.30. The third-order valence-electron chi connectivity index (χ3n) is 3.16. The first kappa shape index (κ1) is 12.9. The molecule has 0 aliphatic carbocycles. The molecule has 2 aromatic rings. The van der Waals surface area contributed by atoms with Gasteiger partial charge in [0.05, 0.1) is 6.04 Å². The number of nitrogens with zero attached hydrogens (tertiary/aromatic N) is 3. The molecule has 6 heteroatoms. The number of hydrogen-bond donors (Lipinski definition) is 1. The Labute approximate surface area is 121 Å². The Kier molecular flexibility index (Phi) is 3.52. The predicted molar refractivity (Wildman–Crippen MR) is 76.8 cm³/mol. The van der Waals surface area contributed by atoms with E-state index in [1.54, 1.807) is 47.6 Å². The second-order valence-corrected chi connectivity index (χ2v) is 5.07. The normalized spacial score (nSPS) is 14.8. The van der Waals surface area contributed by atoms with Gasteiger partial charge < -0.3 is 10.2 Å². The lowest BCUT2D eigenvalue weighted by atomic mass is 10.1. The van der Waals surface area contributed by atoms with E-state index in [1.807, 2.05) is 0 Å². The number of likely N-dealkylation sites (tertiary alicyclic amines) is 1. The molecular weight excluding hydrogens is 276 g/mol. The molecule has 0 bridgehead atoms. The molecule has 3 rings (SSSR count). The lowest BCUT2D eigenvalue weighted by Gasteiger charge is -2.39. The van der Waals surface area contributed by atoms with Gasteiger partial charge in [0.2, 0.25) is 5.95 Å². The molecule has 1 N–H and O–H groups in total. The third-order valence-corrected chi connectivity index (χ3v) is 3.41. The fourth-order valence-corrected chi connectivity index (χ4v) is 2.19. The van der Waals surface area contributed by atoms with Crippen LogP contribution in [0, 0.1) is 0 Å². The molecule has 20 heavy (non-hydrogen) atoms. The molecular formula is C14H13ClN4O. The SMILES string of the molecule is O=C(c1ccc(Cl)cc1)N1CC(Nc2ncccn2)C1. The van der Waals surface area contributed by atoms with Crippen molar-refractivity contribution in [1.82, 2.24) is 14.9 Å². The second-order valence-electron chi connectivity index (χ2n) is 4.63. The number of halogens is 1. The molecule has 0 spiro atoms. The Morgan fingerprint density at radius 1 is 1.20 bits per heavy atom. The van der Waals surface area contributed by atoms with Crippen molar-refractivity contribution in [2.75, 3.05) is 18.4 Å². The summed E-state index contributed by atoms with van der Waals surface area (Å²) < 4.78 is 0. The number of carbonyl (C=O) groups excluding carboxylic acids is 1. The van der Waals surface area contributed by atoms with Gasteiger partial charge in [-0.1, -0.05) is 11.6 Å². The molecule has 1 aromatic heterocycles. The number of aromatic nitrogens is 2. The minimum absolute atomic E-state index is 0.0219. The predicted octanol–water partition coefficient (Wildman–Crippen LogP) is 2.07. The molecule has 1 saturated heterocycles. The zero-order valence-corrected chi connectivity index (χ0v) is 11.4. The number of benzene rings is 1. The summed E-state index contributed by atoms with van der Waals surface area (Å²) in [7, 11) is 0. The molecule has 1 aliphatic heterocycles. The summed E-state index contributed by atoms with van der Waals surface area (Å²) in [4.78, 5) is 22.1. The Morgan fingerprint density at radius 3 is 2.50 bits per heavy atom. The van der Waals surface area contributed by atoms with Gasteiger partial charge in [0.1, 0.15) is 0 Å². The molecule has 0 radical (unpaired) electrons. The Bertz CT molecular complexity index is 596. The van der Waals surface area contributed by atoms with E-state index in [9.17, 15) is 4.79 Å². The Balaban J connectivity index is 1.55.